The normalized spacial score (nSPS) is 14.5. The Morgan fingerprint density at radius 2 is 2.20 bits per heavy atom. The highest BCUT2D eigenvalue weighted by Crippen LogP contribution is 2.38. The molecule has 1 saturated carbocycles. The number of ether oxygens (including phenoxy) is 1. The van der Waals surface area contributed by atoms with E-state index in [1.165, 1.54) is 12.1 Å². The zero-order valence-corrected chi connectivity index (χ0v) is 11.0. The van der Waals surface area contributed by atoms with E-state index in [1.54, 1.807) is 6.07 Å². The minimum absolute atomic E-state index is 0.144. The number of hydrogen-bond acceptors (Lipinski definition) is 5. The van der Waals surface area contributed by atoms with E-state index in [0.717, 1.165) is 24.2 Å². The summed E-state index contributed by atoms with van der Waals surface area (Å²) in [5, 5.41) is 3.90. The molecule has 3 rings (SSSR count). The molecule has 0 atom stereocenters. The van der Waals surface area contributed by atoms with Crippen molar-refractivity contribution >= 4 is 0 Å². The molecule has 0 unspecified atom stereocenters. The van der Waals surface area contributed by atoms with Crippen LogP contribution in [0.15, 0.2) is 22.7 Å². The predicted molar refractivity (Wildman–Crippen MR) is 69.8 cm³/mol. The summed E-state index contributed by atoms with van der Waals surface area (Å²) in [6.45, 7) is 0.614. The van der Waals surface area contributed by atoms with Gasteiger partial charge in [-0.25, -0.2) is 4.39 Å². The second-order valence-electron chi connectivity index (χ2n) is 4.94. The molecule has 1 aromatic carbocycles. The first-order valence-corrected chi connectivity index (χ1v) is 6.69. The molecule has 1 fully saturated rings. The lowest BCUT2D eigenvalue weighted by Gasteiger charge is -2.06. The van der Waals surface area contributed by atoms with Crippen molar-refractivity contribution in [1.82, 2.24) is 10.1 Å². The average Bonchev–Trinajstić information content (AvgIpc) is 3.16. The van der Waals surface area contributed by atoms with Crippen LogP contribution < -0.4 is 10.5 Å². The Kier molecular flexibility index (Phi) is 3.64. The Hall–Kier alpha value is -1.95. The van der Waals surface area contributed by atoms with E-state index in [-0.39, 0.29) is 12.4 Å². The van der Waals surface area contributed by atoms with E-state index >= 15 is 0 Å². The summed E-state index contributed by atoms with van der Waals surface area (Å²) in [4.78, 5) is 4.25. The summed E-state index contributed by atoms with van der Waals surface area (Å²) < 4.78 is 24.0. The van der Waals surface area contributed by atoms with Gasteiger partial charge in [0, 0.05) is 12.0 Å². The molecule has 0 bridgehead atoms. The van der Waals surface area contributed by atoms with E-state index < -0.39 is 0 Å². The monoisotopic (exact) mass is 277 g/mol. The van der Waals surface area contributed by atoms with E-state index in [0.29, 0.717) is 30.5 Å². The van der Waals surface area contributed by atoms with Crippen LogP contribution in [0.5, 0.6) is 5.75 Å². The van der Waals surface area contributed by atoms with Crippen molar-refractivity contribution in [2.75, 3.05) is 6.54 Å². The molecular weight excluding hydrogens is 261 g/mol. The van der Waals surface area contributed by atoms with Crippen molar-refractivity contribution in [1.29, 1.82) is 0 Å². The number of nitrogens with zero attached hydrogens (tertiary/aromatic N) is 2. The predicted octanol–water partition coefficient (Wildman–Crippen LogP) is 2.17. The van der Waals surface area contributed by atoms with Gasteiger partial charge in [0.15, 0.2) is 12.4 Å². The number of benzene rings is 1. The fourth-order valence-corrected chi connectivity index (χ4v) is 1.99. The molecule has 0 radical (unpaired) electrons. The van der Waals surface area contributed by atoms with Gasteiger partial charge in [-0.2, -0.15) is 4.98 Å². The first-order valence-electron chi connectivity index (χ1n) is 6.69. The smallest absolute Gasteiger partial charge is 0.264 e. The number of halogens is 1. The van der Waals surface area contributed by atoms with E-state index in [1.807, 2.05) is 0 Å². The van der Waals surface area contributed by atoms with E-state index in [4.69, 9.17) is 15.0 Å². The molecule has 0 saturated heterocycles. The highest BCUT2D eigenvalue weighted by atomic mass is 19.1. The number of rotatable bonds is 6. The fourth-order valence-electron chi connectivity index (χ4n) is 1.99. The van der Waals surface area contributed by atoms with Crippen LogP contribution in [0.3, 0.4) is 0 Å². The lowest BCUT2D eigenvalue weighted by atomic mass is 10.1. The summed E-state index contributed by atoms with van der Waals surface area (Å²) in [5.41, 5.74) is 6.28. The Morgan fingerprint density at radius 3 is 2.95 bits per heavy atom. The lowest BCUT2D eigenvalue weighted by Crippen LogP contribution is -2.04. The molecule has 1 heterocycles. The Labute approximate surface area is 115 Å². The third kappa shape index (κ3) is 3.14. The molecule has 1 aliphatic rings. The van der Waals surface area contributed by atoms with Gasteiger partial charge < -0.3 is 15.0 Å². The van der Waals surface area contributed by atoms with Crippen molar-refractivity contribution in [3.8, 4) is 5.75 Å². The van der Waals surface area contributed by atoms with Crippen LogP contribution in [0.25, 0.3) is 0 Å². The van der Waals surface area contributed by atoms with Gasteiger partial charge in [-0.3, -0.25) is 0 Å². The SMILES string of the molecule is NCCc1cc(F)cc(OCc2nc(C3CC3)no2)c1. The van der Waals surface area contributed by atoms with Gasteiger partial charge >= 0.3 is 0 Å². The largest absolute Gasteiger partial charge is 0.484 e. The minimum atomic E-state index is -0.338. The van der Waals surface area contributed by atoms with Crippen LogP contribution >= 0.6 is 0 Å². The van der Waals surface area contributed by atoms with Crippen molar-refractivity contribution in [3.63, 3.8) is 0 Å². The standard InChI is InChI=1S/C14H16FN3O2/c15-11-5-9(3-4-16)6-12(7-11)19-8-13-17-14(18-20-13)10-1-2-10/h5-7,10H,1-4,8,16H2. The van der Waals surface area contributed by atoms with E-state index in [9.17, 15) is 4.39 Å². The molecule has 1 aliphatic carbocycles. The third-order valence-corrected chi connectivity index (χ3v) is 3.15. The van der Waals surface area contributed by atoms with Crippen LogP contribution in [-0.4, -0.2) is 16.7 Å². The number of nitrogens with two attached hydrogens (primary N) is 1. The van der Waals surface area contributed by atoms with Crippen molar-refractivity contribution in [2.24, 2.45) is 5.73 Å². The first kappa shape index (κ1) is 13.1. The Morgan fingerprint density at radius 1 is 1.35 bits per heavy atom. The minimum Gasteiger partial charge on any atom is -0.484 e. The van der Waals surface area contributed by atoms with Gasteiger partial charge in [0.25, 0.3) is 5.89 Å². The summed E-state index contributed by atoms with van der Waals surface area (Å²) in [6.07, 6.45) is 2.85. The molecule has 0 aliphatic heterocycles. The maximum atomic E-state index is 13.4. The molecule has 0 spiro atoms. The quantitative estimate of drug-likeness (QED) is 0.875. The first-order chi connectivity index (χ1) is 9.74. The second kappa shape index (κ2) is 5.58. The maximum Gasteiger partial charge on any atom is 0.264 e. The second-order valence-corrected chi connectivity index (χ2v) is 4.94. The van der Waals surface area contributed by atoms with Crippen LogP contribution in [0.1, 0.15) is 36.0 Å². The molecular formula is C14H16FN3O2. The van der Waals surface area contributed by atoms with Crippen molar-refractivity contribution < 1.29 is 13.7 Å². The van der Waals surface area contributed by atoms with Gasteiger partial charge in [0.05, 0.1) is 0 Å². The van der Waals surface area contributed by atoms with Gasteiger partial charge in [-0.1, -0.05) is 5.16 Å². The van der Waals surface area contributed by atoms with Crippen LogP contribution in [-0.2, 0) is 13.0 Å². The molecule has 106 valence electrons. The summed E-state index contributed by atoms with van der Waals surface area (Å²) in [5.74, 6) is 1.70. The molecule has 2 N–H and O–H groups in total. The van der Waals surface area contributed by atoms with Crippen LogP contribution in [0.4, 0.5) is 4.39 Å². The third-order valence-electron chi connectivity index (χ3n) is 3.15. The molecule has 2 aromatic rings. The summed E-state index contributed by atoms with van der Waals surface area (Å²) in [6, 6.07) is 4.56. The zero-order chi connectivity index (χ0) is 13.9. The average molecular weight is 277 g/mol. The van der Waals surface area contributed by atoms with Gasteiger partial charge in [-0.15, -0.1) is 0 Å². The highest BCUT2D eigenvalue weighted by molar-refractivity contribution is 5.29. The molecule has 0 amide bonds. The maximum absolute atomic E-state index is 13.4. The number of aromatic nitrogens is 2. The van der Waals surface area contributed by atoms with Crippen LogP contribution in [0.2, 0.25) is 0 Å². The van der Waals surface area contributed by atoms with Crippen LogP contribution in [0, 0.1) is 5.82 Å². The van der Waals surface area contributed by atoms with Gasteiger partial charge in [0.2, 0.25) is 0 Å². The molecule has 5 nitrogen and oxygen atoms in total. The van der Waals surface area contributed by atoms with Gasteiger partial charge in [0.1, 0.15) is 11.6 Å². The van der Waals surface area contributed by atoms with Gasteiger partial charge in [-0.05, 0) is 43.5 Å². The highest BCUT2D eigenvalue weighted by Gasteiger charge is 2.28. The van der Waals surface area contributed by atoms with Crippen molar-refractivity contribution in [3.05, 3.63) is 41.3 Å². The summed E-state index contributed by atoms with van der Waals surface area (Å²) in [7, 11) is 0. The summed E-state index contributed by atoms with van der Waals surface area (Å²) >= 11 is 0. The topological polar surface area (TPSA) is 74.2 Å². The fraction of sp³-hybridized carbons (Fsp3) is 0.429. The molecule has 1 aromatic heterocycles. The van der Waals surface area contributed by atoms with E-state index in [2.05, 4.69) is 10.1 Å². The molecule has 6 heteroatoms. The molecule has 20 heavy (non-hydrogen) atoms. The Bertz CT molecular complexity index is 596. The number of hydrogen-bond donors (Lipinski definition) is 1. The lowest BCUT2D eigenvalue weighted by molar-refractivity contribution is 0.241. The Balaban J connectivity index is 1.64. The zero-order valence-electron chi connectivity index (χ0n) is 11.0. The van der Waals surface area contributed by atoms with Crippen molar-refractivity contribution in [2.45, 2.75) is 31.8 Å².